The number of aromatic nitrogens is 3. The van der Waals surface area contributed by atoms with E-state index in [1.807, 2.05) is 4.68 Å². The number of rotatable bonds is 4. The summed E-state index contributed by atoms with van der Waals surface area (Å²) in [6.07, 6.45) is 7.71. The Kier molecular flexibility index (Phi) is 4.33. The van der Waals surface area contributed by atoms with Crippen LogP contribution < -0.4 is 0 Å². The first-order valence-corrected chi connectivity index (χ1v) is 6.85. The van der Waals surface area contributed by atoms with Gasteiger partial charge in [0.15, 0.2) is 0 Å². The Morgan fingerprint density at radius 3 is 2.94 bits per heavy atom. The fourth-order valence-corrected chi connectivity index (χ4v) is 2.90. The van der Waals surface area contributed by atoms with Crippen molar-refractivity contribution in [2.75, 3.05) is 0 Å². The van der Waals surface area contributed by atoms with Crippen molar-refractivity contribution in [1.29, 1.82) is 0 Å². The summed E-state index contributed by atoms with van der Waals surface area (Å²) in [5.41, 5.74) is 1.01. The van der Waals surface area contributed by atoms with Gasteiger partial charge in [0.25, 0.3) is 0 Å². The first-order chi connectivity index (χ1) is 8.74. The number of carbonyl (C=O) groups is 1. The van der Waals surface area contributed by atoms with Crippen LogP contribution in [0, 0.1) is 5.92 Å². The Hall–Kier alpha value is -1.39. The van der Waals surface area contributed by atoms with Crippen LogP contribution in [0.3, 0.4) is 0 Å². The van der Waals surface area contributed by atoms with Crippen LogP contribution in [0.5, 0.6) is 0 Å². The molecule has 1 heterocycles. The molecule has 0 bridgehead atoms. The van der Waals surface area contributed by atoms with Gasteiger partial charge in [-0.2, -0.15) is 0 Å². The number of nitrogens with zero attached hydrogens (tertiary/aromatic N) is 3. The molecule has 5 nitrogen and oxygen atoms in total. The molecule has 2 unspecified atom stereocenters. The topological polar surface area (TPSA) is 68.0 Å². The Bertz CT molecular complexity index is 403. The average Bonchev–Trinajstić information content (AvgIpc) is 2.65. The zero-order chi connectivity index (χ0) is 13.0. The third-order valence-electron chi connectivity index (χ3n) is 3.80. The average molecular weight is 251 g/mol. The minimum absolute atomic E-state index is 0.0755. The second-order valence-corrected chi connectivity index (χ2v) is 5.07. The quantitative estimate of drug-likeness (QED) is 0.834. The molecule has 2 atom stereocenters. The van der Waals surface area contributed by atoms with Gasteiger partial charge >= 0.3 is 5.97 Å². The van der Waals surface area contributed by atoms with E-state index in [0.29, 0.717) is 0 Å². The van der Waals surface area contributed by atoms with Gasteiger partial charge in [0.2, 0.25) is 0 Å². The zero-order valence-corrected chi connectivity index (χ0v) is 10.9. The van der Waals surface area contributed by atoms with Gasteiger partial charge in [0.05, 0.1) is 17.8 Å². The molecule has 5 heteroatoms. The Balaban J connectivity index is 2.26. The third kappa shape index (κ3) is 2.71. The van der Waals surface area contributed by atoms with E-state index in [1.54, 1.807) is 6.20 Å². The highest BCUT2D eigenvalue weighted by atomic mass is 16.4. The molecule has 0 radical (unpaired) electrons. The Labute approximate surface area is 107 Å². The van der Waals surface area contributed by atoms with Crippen molar-refractivity contribution in [3.8, 4) is 0 Å². The molecule has 1 aliphatic carbocycles. The fraction of sp³-hybridized carbons (Fsp3) is 0.769. The molecule has 2 rings (SSSR count). The van der Waals surface area contributed by atoms with Gasteiger partial charge in [0, 0.05) is 12.5 Å². The molecule has 1 aromatic heterocycles. The monoisotopic (exact) mass is 251 g/mol. The van der Waals surface area contributed by atoms with E-state index in [-0.39, 0.29) is 11.8 Å². The Morgan fingerprint density at radius 2 is 2.22 bits per heavy atom. The van der Waals surface area contributed by atoms with Crippen LogP contribution in [0.4, 0.5) is 0 Å². The summed E-state index contributed by atoms with van der Waals surface area (Å²) in [6, 6.07) is 0. The molecular weight excluding hydrogens is 230 g/mol. The minimum Gasteiger partial charge on any atom is -0.481 e. The summed E-state index contributed by atoms with van der Waals surface area (Å²) in [6.45, 7) is 2.91. The number of aryl methyl sites for hydroxylation is 1. The van der Waals surface area contributed by atoms with Gasteiger partial charge in [-0.25, -0.2) is 4.68 Å². The summed E-state index contributed by atoms with van der Waals surface area (Å²) in [5.74, 6) is -0.876. The van der Waals surface area contributed by atoms with Crippen molar-refractivity contribution in [2.24, 2.45) is 5.92 Å². The van der Waals surface area contributed by atoms with Crippen LogP contribution in [-0.4, -0.2) is 26.1 Å². The predicted octanol–water partition coefficient (Wildman–Crippen LogP) is 2.44. The fourth-order valence-electron chi connectivity index (χ4n) is 2.90. The zero-order valence-electron chi connectivity index (χ0n) is 10.9. The summed E-state index contributed by atoms with van der Waals surface area (Å²) in [4.78, 5) is 11.4. The first kappa shape index (κ1) is 13.1. The SMILES string of the molecule is CCCn1nncc1C1CCCCCC1C(=O)O. The lowest BCUT2D eigenvalue weighted by molar-refractivity contribution is -0.142. The van der Waals surface area contributed by atoms with Crippen molar-refractivity contribution in [3.05, 3.63) is 11.9 Å². The van der Waals surface area contributed by atoms with E-state index < -0.39 is 5.97 Å². The summed E-state index contributed by atoms with van der Waals surface area (Å²) >= 11 is 0. The maximum absolute atomic E-state index is 11.4. The molecule has 1 aromatic rings. The molecule has 0 saturated heterocycles. The highest BCUT2D eigenvalue weighted by Gasteiger charge is 2.32. The number of hydrogen-bond acceptors (Lipinski definition) is 3. The molecule has 1 N–H and O–H groups in total. The molecule has 0 spiro atoms. The van der Waals surface area contributed by atoms with Gasteiger partial charge in [0.1, 0.15) is 0 Å². The van der Waals surface area contributed by atoms with E-state index in [4.69, 9.17) is 0 Å². The van der Waals surface area contributed by atoms with E-state index in [0.717, 1.165) is 50.8 Å². The van der Waals surface area contributed by atoms with Crippen molar-refractivity contribution < 1.29 is 9.90 Å². The first-order valence-electron chi connectivity index (χ1n) is 6.85. The van der Waals surface area contributed by atoms with Crippen LogP contribution in [0.1, 0.15) is 57.1 Å². The van der Waals surface area contributed by atoms with Gasteiger partial charge < -0.3 is 5.11 Å². The van der Waals surface area contributed by atoms with Crippen molar-refractivity contribution in [1.82, 2.24) is 15.0 Å². The van der Waals surface area contributed by atoms with E-state index in [2.05, 4.69) is 17.2 Å². The lowest BCUT2D eigenvalue weighted by atomic mass is 9.85. The van der Waals surface area contributed by atoms with Crippen molar-refractivity contribution >= 4 is 5.97 Å². The standard InChI is InChI=1S/C13H21N3O2/c1-2-8-16-12(9-14-15-16)10-6-4-3-5-7-11(10)13(17)18/h9-11H,2-8H2,1H3,(H,17,18). The number of carboxylic acid groups (broad SMARTS) is 1. The summed E-state index contributed by atoms with van der Waals surface area (Å²) in [5, 5.41) is 17.4. The molecule has 0 amide bonds. The van der Waals surface area contributed by atoms with E-state index in [9.17, 15) is 9.90 Å². The van der Waals surface area contributed by atoms with Crippen LogP contribution in [0.15, 0.2) is 6.20 Å². The third-order valence-corrected chi connectivity index (χ3v) is 3.80. The predicted molar refractivity (Wildman–Crippen MR) is 67.3 cm³/mol. The number of carboxylic acids is 1. The van der Waals surface area contributed by atoms with E-state index >= 15 is 0 Å². The molecule has 0 aromatic carbocycles. The molecule has 1 fully saturated rings. The molecular formula is C13H21N3O2. The van der Waals surface area contributed by atoms with Gasteiger partial charge in [-0.3, -0.25) is 4.79 Å². The van der Waals surface area contributed by atoms with Crippen molar-refractivity contribution in [2.45, 2.75) is 57.9 Å². The van der Waals surface area contributed by atoms with Crippen LogP contribution in [0.2, 0.25) is 0 Å². The van der Waals surface area contributed by atoms with Crippen LogP contribution in [-0.2, 0) is 11.3 Å². The van der Waals surface area contributed by atoms with Crippen LogP contribution in [0.25, 0.3) is 0 Å². The normalized spacial score (nSPS) is 24.7. The second-order valence-electron chi connectivity index (χ2n) is 5.07. The van der Waals surface area contributed by atoms with E-state index in [1.165, 1.54) is 0 Å². The summed E-state index contributed by atoms with van der Waals surface area (Å²) < 4.78 is 1.88. The van der Waals surface area contributed by atoms with Gasteiger partial charge in [-0.15, -0.1) is 5.10 Å². The second kappa shape index (κ2) is 5.98. The summed E-state index contributed by atoms with van der Waals surface area (Å²) in [7, 11) is 0. The smallest absolute Gasteiger partial charge is 0.307 e. The maximum atomic E-state index is 11.4. The molecule has 100 valence electrons. The molecule has 1 saturated carbocycles. The lowest BCUT2D eigenvalue weighted by Crippen LogP contribution is -2.23. The highest BCUT2D eigenvalue weighted by molar-refractivity contribution is 5.71. The largest absolute Gasteiger partial charge is 0.481 e. The molecule has 0 aliphatic heterocycles. The van der Waals surface area contributed by atoms with Crippen molar-refractivity contribution in [3.63, 3.8) is 0 Å². The van der Waals surface area contributed by atoms with Gasteiger partial charge in [-0.05, 0) is 19.3 Å². The molecule has 1 aliphatic rings. The molecule has 18 heavy (non-hydrogen) atoms. The minimum atomic E-state index is -0.675. The lowest BCUT2D eigenvalue weighted by Gasteiger charge is -2.21. The number of hydrogen-bond donors (Lipinski definition) is 1. The highest BCUT2D eigenvalue weighted by Crippen LogP contribution is 2.36. The number of aliphatic carboxylic acids is 1. The van der Waals surface area contributed by atoms with Gasteiger partial charge in [-0.1, -0.05) is 31.4 Å². The van der Waals surface area contributed by atoms with Crippen LogP contribution >= 0.6 is 0 Å². The maximum Gasteiger partial charge on any atom is 0.307 e. The Morgan fingerprint density at radius 1 is 1.44 bits per heavy atom.